The average Bonchev–Trinajstić information content (AvgIpc) is 1.93. The first-order chi connectivity index (χ1) is 5.77. The molecule has 1 N–H and O–H groups in total. The molecule has 0 unspecified atom stereocenters. The second-order valence-corrected chi connectivity index (χ2v) is 3.71. The molecule has 0 aromatic heterocycles. The van der Waals surface area contributed by atoms with Crippen LogP contribution in [0.3, 0.4) is 0 Å². The fourth-order valence-electron chi connectivity index (χ4n) is 1.46. The van der Waals surface area contributed by atoms with Gasteiger partial charge in [0, 0.05) is 11.1 Å². The Kier molecular flexibility index (Phi) is 3.60. The monoisotopic (exact) mass is 217 g/mol. The van der Waals surface area contributed by atoms with Gasteiger partial charge >= 0.3 is 0 Å². The molecule has 0 amide bonds. The fourth-order valence-corrected chi connectivity index (χ4v) is 1.58. The third kappa shape index (κ3) is 2.16. The van der Waals surface area contributed by atoms with Crippen LogP contribution in [0.2, 0.25) is 5.02 Å². The second-order valence-electron chi connectivity index (χ2n) is 3.30. The van der Waals surface area contributed by atoms with Crippen molar-refractivity contribution < 1.29 is 0 Å². The molecule has 72 valence electrons. The minimum atomic E-state index is 0. The summed E-state index contributed by atoms with van der Waals surface area (Å²) >= 11 is 5.93. The Morgan fingerprint density at radius 2 is 2.15 bits per heavy atom. The molecule has 1 aliphatic rings. The molecule has 1 aromatic rings. The number of rotatable bonds is 1. The van der Waals surface area contributed by atoms with Crippen molar-refractivity contribution in [2.75, 3.05) is 6.54 Å². The highest BCUT2D eigenvalue weighted by atomic mass is 35.5. The van der Waals surface area contributed by atoms with Crippen molar-refractivity contribution in [2.24, 2.45) is 0 Å². The molecule has 1 nitrogen and oxygen atoms in total. The molecule has 0 saturated carbocycles. The van der Waals surface area contributed by atoms with Crippen LogP contribution in [0, 0.1) is 6.92 Å². The maximum Gasteiger partial charge on any atom is 0.0435 e. The van der Waals surface area contributed by atoms with Gasteiger partial charge in [0.1, 0.15) is 0 Å². The van der Waals surface area contributed by atoms with Gasteiger partial charge in [-0.25, -0.2) is 0 Å². The Labute approximate surface area is 89.9 Å². The van der Waals surface area contributed by atoms with Gasteiger partial charge in [0.25, 0.3) is 0 Å². The molecule has 0 bridgehead atoms. The van der Waals surface area contributed by atoms with Crippen molar-refractivity contribution in [3.8, 4) is 0 Å². The Morgan fingerprint density at radius 3 is 2.62 bits per heavy atom. The van der Waals surface area contributed by atoms with Crippen molar-refractivity contribution in [2.45, 2.75) is 19.4 Å². The van der Waals surface area contributed by atoms with Gasteiger partial charge < -0.3 is 5.32 Å². The molecule has 1 heterocycles. The van der Waals surface area contributed by atoms with Gasteiger partial charge in [-0.2, -0.15) is 0 Å². The van der Waals surface area contributed by atoms with Crippen LogP contribution >= 0.6 is 24.0 Å². The molecule has 1 atom stereocenters. The summed E-state index contributed by atoms with van der Waals surface area (Å²) in [4.78, 5) is 0. The summed E-state index contributed by atoms with van der Waals surface area (Å²) in [6.45, 7) is 3.19. The predicted molar refractivity (Wildman–Crippen MR) is 58.8 cm³/mol. The summed E-state index contributed by atoms with van der Waals surface area (Å²) in [5, 5.41) is 4.22. The standard InChI is InChI=1S/C10H12ClN.ClH/c1-7-6-8(2-3-9(7)11)10-4-5-12-10;/h2-3,6,10,12H,4-5H2,1H3;1H/t10-;/m0./s1. The third-order valence-corrected chi connectivity index (χ3v) is 2.83. The summed E-state index contributed by atoms with van der Waals surface area (Å²) < 4.78 is 0. The molecule has 1 saturated heterocycles. The van der Waals surface area contributed by atoms with E-state index in [1.54, 1.807) is 0 Å². The van der Waals surface area contributed by atoms with E-state index in [4.69, 9.17) is 11.6 Å². The quantitative estimate of drug-likeness (QED) is 0.763. The van der Waals surface area contributed by atoms with E-state index in [2.05, 4.69) is 17.4 Å². The molecule has 0 spiro atoms. The number of nitrogens with one attached hydrogen (secondary N) is 1. The highest BCUT2D eigenvalue weighted by Gasteiger charge is 2.18. The number of benzene rings is 1. The van der Waals surface area contributed by atoms with E-state index in [0.717, 1.165) is 11.6 Å². The van der Waals surface area contributed by atoms with Gasteiger partial charge in [-0.15, -0.1) is 12.4 Å². The lowest BCUT2D eigenvalue weighted by atomic mass is 9.97. The van der Waals surface area contributed by atoms with Crippen molar-refractivity contribution in [1.29, 1.82) is 0 Å². The third-order valence-electron chi connectivity index (χ3n) is 2.41. The lowest BCUT2D eigenvalue weighted by Gasteiger charge is -2.28. The summed E-state index contributed by atoms with van der Waals surface area (Å²) in [6.07, 6.45) is 1.25. The first kappa shape index (κ1) is 10.8. The summed E-state index contributed by atoms with van der Waals surface area (Å²) in [5.74, 6) is 0. The van der Waals surface area contributed by atoms with Gasteiger partial charge in [-0.1, -0.05) is 23.7 Å². The molecule has 1 aromatic carbocycles. The van der Waals surface area contributed by atoms with Gasteiger partial charge in [0.15, 0.2) is 0 Å². The summed E-state index contributed by atoms with van der Waals surface area (Å²) in [5.41, 5.74) is 2.53. The minimum Gasteiger partial charge on any atom is -0.310 e. The largest absolute Gasteiger partial charge is 0.310 e. The first-order valence-electron chi connectivity index (χ1n) is 4.27. The zero-order chi connectivity index (χ0) is 8.55. The Balaban J connectivity index is 0.000000845. The van der Waals surface area contributed by atoms with E-state index in [1.807, 2.05) is 13.0 Å². The van der Waals surface area contributed by atoms with Gasteiger partial charge in [0.05, 0.1) is 0 Å². The van der Waals surface area contributed by atoms with Gasteiger partial charge in [-0.3, -0.25) is 0 Å². The average molecular weight is 218 g/mol. The normalized spacial score (nSPS) is 20.3. The zero-order valence-corrected chi connectivity index (χ0v) is 9.08. The molecule has 0 radical (unpaired) electrons. The molecule has 2 rings (SSSR count). The highest BCUT2D eigenvalue weighted by Crippen LogP contribution is 2.26. The van der Waals surface area contributed by atoms with E-state index < -0.39 is 0 Å². The van der Waals surface area contributed by atoms with Crippen LogP contribution in [-0.4, -0.2) is 6.54 Å². The van der Waals surface area contributed by atoms with Crippen LogP contribution in [0.4, 0.5) is 0 Å². The summed E-state index contributed by atoms with van der Waals surface area (Å²) in [6, 6.07) is 6.82. The van der Waals surface area contributed by atoms with Crippen LogP contribution in [0.15, 0.2) is 18.2 Å². The Bertz CT molecular complexity index is 295. The van der Waals surface area contributed by atoms with Crippen molar-refractivity contribution >= 4 is 24.0 Å². The molecule has 13 heavy (non-hydrogen) atoms. The van der Waals surface area contributed by atoms with Crippen molar-refractivity contribution in [3.63, 3.8) is 0 Å². The number of hydrogen-bond acceptors (Lipinski definition) is 1. The molecule has 1 fully saturated rings. The van der Waals surface area contributed by atoms with Crippen LogP contribution in [-0.2, 0) is 0 Å². The molecular weight excluding hydrogens is 205 g/mol. The van der Waals surface area contributed by atoms with Crippen molar-refractivity contribution in [3.05, 3.63) is 34.3 Å². The van der Waals surface area contributed by atoms with Crippen LogP contribution in [0.25, 0.3) is 0 Å². The number of hydrogen-bond donors (Lipinski definition) is 1. The Morgan fingerprint density at radius 1 is 1.46 bits per heavy atom. The van der Waals surface area contributed by atoms with E-state index >= 15 is 0 Å². The van der Waals surface area contributed by atoms with E-state index in [9.17, 15) is 0 Å². The van der Waals surface area contributed by atoms with Gasteiger partial charge in [-0.05, 0) is 37.1 Å². The molecule has 0 aliphatic carbocycles. The Hall–Kier alpha value is -0.240. The molecule has 3 heteroatoms. The lowest BCUT2D eigenvalue weighted by molar-refractivity contribution is 0.383. The van der Waals surface area contributed by atoms with Gasteiger partial charge in [0.2, 0.25) is 0 Å². The van der Waals surface area contributed by atoms with E-state index in [1.165, 1.54) is 17.5 Å². The first-order valence-corrected chi connectivity index (χ1v) is 4.64. The SMILES string of the molecule is Cc1cc([C@@H]2CCN2)ccc1Cl.Cl. The number of halogens is 2. The molecular formula is C10H13Cl2N. The zero-order valence-electron chi connectivity index (χ0n) is 7.51. The minimum absolute atomic E-state index is 0. The predicted octanol–water partition coefficient (Wildman–Crippen LogP) is 3.10. The smallest absolute Gasteiger partial charge is 0.0435 e. The maximum atomic E-state index is 5.93. The second kappa shape index (κ2) is 4.32. The van der Waals surface area contributed by atoms with E-state index in [-0.39, 0.29) is 12.4 Å². The fraction of sp³-hybridized carbons (Fsp3) is 0.400. The highest BCUT2D eigenvalue weighted by molar-refractivity contribution is 6.31. The maximum absolute atomic E-state index is 5.93. The van der Waals surface area contributed by atoms with E-state index in [0.29, 0.717) is 6.04 Å². The van der Waals surface area contributed by atoms with Crippen LogP contribution in [0.5, 0.6) is 0 Å². The summed E-state index contributed by atoms with van der Waals surface area (Å²) in [7, 11) is 0. The van der Waals surface area contributed by atoms with Crippen LogP contribution in [0.1, 0.15) is 23.6 Å². The topological polar surface area (TPSA) is 12.0 Å². The number of aryl methyl sites for hydroxylation is 1. The molecule has 1 aliphatic heterocycles. The van der Waals surface area contributed by atoms with Crippen molar-refractivity contribution in [1.82, 2.24) is 5.32 Å². The lowest BCUT2D eigenvalue weighted by Crippen LogP contribution is -2.34. The van der Waals surface area contributed by atoms with Crippen LogP contribution < -0.4 is 5.32 Å².